The molecule has 3 heteroatoms. The van der Waals surface area contributed by atoms with Crippen molar-refractivity contribution in [3.8, 4) is 5.75 Å². The lowest BCUT2D eigenvalue weighted by atomic mass is 9.74. The Morgan fingerprint density at radius 1 is 1.31 bits per heavy atom. The molecule has 1 aromatic rings. The Morgan fingerprint density at radius 3 is 2.81 bits per heavy atom. The van der Waals surface area contributed by atoms with Gasteiger partial charge in [-0.2, -0.15) is 0 Å². The summed E-state index contributed by atoms with van der Waals surface area (Å²) >= 11 is 0. The molecule has 2 heterocycles. The minimum atomic E-state index is 0.233. The van der Waals surface area contributed by atoms with Crippen LogP contribution in [-0.2, 0) is 5.41 Å². The maximum atomic E-state index is 5.88. The minimum absolute atomic E-state index is 0.233. The van der Waals surface area contributed by atoms with Crippen molar-refractivity contribution in [3.63, 3.8) is 0 Å². The molecule has 0 amide bonds. The van der Waals surface area contributed by atoms with E-state index in [1.807, 2.05) is 12.1 Å². The van der Waals surface area contributed by atoms with Crippen molar-refractivity contribution in [1.82, 2.24) is 4.90 Å². The standard InChI is InChI=1S/C13H18N2O/c1-15-6-4-13(5-7-15)9-16-12-3-2-10(14)8-11(12)13/h2-3,8H,4-7,9,14H2,1H3. The topological polar surface area (TPSA) is 38.5 Å². The van der Waals surface area contributed by atoms with E-state index in [1.165, 1.54) is 18.4 Å². The summed E-state index contributed by atoms with van der Waals surface area (Å²) in [5.74, 6) is 1.04. The molecule has 1 saturated heterocycles. The van der Waals surface area contributed by atoms with E-state index >= 15 is 0 Å². The molecule has 3 rings (SSSR count). The molecule has 0 aromatic heterocycles. The van der Waals surface area contributed by atoms with Crippen LogP contribution < -0.4 is 10.5 Å². The minimum Gasteiger partial charge on any atom is -0.492 e. The summed E-state index contributed by atoms with van der Waals surface area (Å²) in [4.78, 5) is 2.38. The number of likely N-dealkylation sites (tertiary alicyclic amines) is 1. The number of rotatable bonds is 0. The first-order valence-corrected chi connectivity index (χ1v) is 5.91. The highest BCUT2D eigenvalue weighted by Crippen LogP contribution is 2.45. The monoisotopic (exact) mass is 218 g/mol. The Morgan fingerprint density at radius 2 is 2.06 bits per heavy atom. The summed E-state index contributed by atoms with van der Waals surface area (Å²) in [6.07, 6.45) is 2.36. The maximum absolute atomic E-state index is 5.88. The number of nitrogen functional groups attached to an aromatic ring is 1. The number of hydrogen-bond acceptors (Lipinski definition) is 3. The van der Waals surface area contributed by atoms with Gasteiger partial charge in [-0.1, -0.05) is 0 Å². The smallest absolute Gasteiger partial charge is 0.123 e. The summed E-state index contributed by atoms with van der Waals surface area (Å²) in [5.41, 5.74) is 8.30. The first-order chi connectivity index (χ1) is 7.70. The van der Waals surface area contributed by atoms with Crippen LogP contribution in [0.1, 0.15) is 18.4 Å². The fourth-order valence-electron chi connectivity index (χ4n) is 2.84. The van der Waals surface area contributed by atoms with Gasteiger partial charge in [0, 0.05) is 16.7 Å². The number of piperidine rings is 1. The Bertz CT molecular complexity index is 408. The largest absolute Gasteiger partial charge is 0.492 e. The molecule has 1 aromatic carbocycles. The highest BCUT2D eigenvalue weighted by atomic mass is 16.5. The van der Waals surface area contributed by atoms with Crippen LogP contribution in [0.3, 0.4) is 0 Å². The van der Waals surface area contributed by atoms with Crippen molar-refractivity contribution in [2.24, 2.45) is 0 Å². The van der Waals surface area contributed by atoms with Crippen LogP contribution >= 0.6 is 0 Å². The highest BCUT2D eigenvalue weighted by molar-refractivity contribution is 5.53. The van der Waals surface area contributed by atoms with Gasteiger partial charge in [0.25, 0.3) is 0 Å². The number of ether oxygens (including phenoxy) is 1. The molecule has 2 aliphatic heterocycles. The third-order valence-electron chi connectivity index (χ3n) is 4.02. The Labute approximate surface area is 96.2 Å². The van der Waals surface area contributed by atoms with Crippen LogP contribution in [-0.4, -0.2) is 31.6 Å². The summed E-state index contributed by atoms with van der Waals surface area (Å²) in [6, 6.07) is 6.04. The SMILES string of the molecule is CN1CCC2(CC1)COc1ccc(N)cc12. The zero-order valence-corrected chi connectivity index (χ0v) is 9.70. The van der Waals surface area contributed by atoms with Crippen LogP contribution in [0, 0.1) is 0 Å². The molecule has 1 spiro atoms. The van der Waals surface area contributed by atoms with Crippen molar-refractivity contribution < 1.29 is 4.74 Å². The van der Waals surface area contributed by atoms with Crippen LogP contribution in [0.5, 0.6) is 5.75 Å². The van der Waals surface area contributed by atoms with Gasteiger partial charge in [0.2, 0.25) is 0 Å². The number of benzene rings is 1. The third kappa shape index (κ3) is 1.39. The van der Waals surface area contributed by atoms with E-state index < -0.39 is 0 Å². The molecule has 0 saturated carbocycles. The van der Waals surface area contributed by atoms with E-state index in [2.05, 4.69) is 18.0 Å². The van der Waals surface area contributed by atoms with Gasteiger partial charge in [-0.3, -0.25) is 0 Å². The van der Waals surface area contributed by atoms with E-state index in [-0.39, 0.29) is 5.41 Å². The van der Waals surface area contributed by atoms with Crippen LogP contribution in [0.2, 0.25) is 0 Å². The average Bonchev–Trinajstić information content (AvgIpc) is 2.62. The summed E-state index contributed by atoms with van der Waals surface area (Å²) in [5, 5.41) is 0. The van der Waals surface area contributed by atoms with E-state index in [4.69, 9.17) is 10.5 Å². The quantitative estimate of drug-likeness (QED) is 0.673. The number of fused-ring (bicyclic) bond motifs is 2. The van der Waals surface area contributed by atoms with Crippen LogP contribution in [0.15, 0.2) is 18.2 Å². The third-order valence-corrected chi connectivity index (χ3v) is 4.02. The number of anilines is 1. The fourth-order valence-corrected chi connectivity index (χ4v) is 2.84. The van der Waals surface area contributed by atoms with Crippen molar-refractivity contribution in [1.29, 1.82) is 0 Å². The van der Waals surface area contributed by atoms with Crippen molar-refractivity contribution in [2.45, 2.75) is 18.3 Å². The van der Waals surface area contributed by atoms with Crippen LogP contribution in [0.25, 0.3) is 0 Å². The second kappa shape index (κ2) is 3.39. The van der Waals surface area contributed by atoms with Crippen molar-refractivity contribution >= 4 is 5.69 Å². The number of nitrogens with zero attached hydrogens (tertiary/aromatic N) is 1. The lowest BCUT2D eigenvalue weighted by Crippen LogP contribution is -2.41. The molecule has 0 atom stereocenters. The lowest BCUT2D eigenvalue weighted by Gasteiger charge is -2.36. The average molecular weight is 218 g/mol. The van der Waals surface area contributed by atoms with Gasteiger partial charge >= 0.3 is 0 Å². The van der Waals surface area contributed by atoms with Gasteiger partial charge < -0.3 is 15.4 Å². The fraction of sp³-hybridized carbons (Fsp3) is 0.538. The Hall–Kier alpha value is -1.22. The molecule has 86 valence electrons. The number of hydrogen-bond donors (Lipinski definition) is 1. The first-order valence-electron chi connectivity index (χ1n) is 5.91. The van der Waals surface area contributed by atoms with Gasteiger partial charge in [0.1, 0.15) is 5.75 Å². The first kappa shape index (κ1) is 9.97. The second-order valence-corrected chi connectivity index (χ2v) is 5.13. The zero-order valence-electron chi connectivity index (χ0n) is 9.70. The van der Waals surface area contributed by atoms with E-state index in [9.17, 15) is 0 Å². The molecule has 16 heavy (non-hydrogen) atoms. The Balaban J connectivity index is 1.98. The molecular weight excluding hydrogens is 200 g/mol. The maximum Gasteiger partial charge on any atom is 0.123 e. The highest BCUT2D eigenvalue weighted by Gasteiger charge is 2.42. The van der Waals surface area contributed by atoms with Gasteiger partial charge in [-0.05, 0) is 51.2 Å². The Kier molecular flexibility index (Phi) is 2.11. The van der Waals surface area contributed by atoms with E-state index in [1.54, 1.807) is 0 Å². The van der Waals surface area contributed by atoms with Crippen LogP contribution in [0.4, 0.5) is 5.69 Å². The van der Waals surface area contributed by atoms with Gasteiger partial charge in [0.15, 0.2) is 0 Å². The predicted molar refractivity (Wildman–Crippen MR) is 64.8 cm³/mol. The van der Waals surface area contributed by atoms with Crippen molar-refractivity contribution in [2.75, 3.05) is 32.5 Å². The summed E-state index contributed by atoms with van der Waals surface area (Å²) in [7, 11) is 2.18. The molecule has 0 aliphatic carbocycles. The van der Waals surface area contributed by atoms with E-state index in [0.717, 1.165) is 31.1 Å². The molecule has 2 aliphatic rings. The molecular formula is C13H18N2O. The second-order valence-electron chi connectivity index (χ2n) is 5.13. The number of nitrogens with two attached hydrogens (primary N) is 1. The molecule has 0 unspecified atom stereocenters. The normalized spacial score (nSPS) is 23.1. The van der Waals surface area contributed by atoms with Gasteiger partial charge in [-0.15, -0.1) is 0 Å². The zero-order chi connectivity index (χ0) is 11.2. The van der Waals surface area contributed by atoms with Gasteiger partial charge in [-0.25, -0.2) is 0 Å². The van der Waals surface area contributed by atoms with Crippen molar-refractivity contribution in [3.05, 3.63) is 23.8 Å². The van der Waals surface area contributed by atoms with Gasteiger partial charge in [0.05, 0.1) is 6.61 Å². The summed E-state index contributed by atoms with van der Waals surface area (Å²) in [6.45, 7) is 3.13. The predicted octanol–water partition coefficient (Wildman–Crippen LogP) is 1.62. The molecule has 3 nitrogen and oxygen atoms in total. The molecule has 0 radical (unpaired) electrons. The summed E-state index contributed by atoms with van der Waals surface area (Å²) < 4.78 is 5.81. The molecule has 2 N–H and O–H groups in total. The molecule has 0 bridgehead atoms. The molecule has 1 fully saturated rings. The lowest BCUT2D eigenvalue weighted by molar-refractivity contribution is 0.155. The van der Waals surface area contributed by atoms with E-state index in [0.29, 0.717) is 0 Å².